The van der Waals surface area contributed by atoms with E-state index in [0.717, 1.165) is 11.1 Å². The molecule has 0 atom stereocenters. The highest BCUT2D eigenvalue weighted by molar-refractivity contribution is 5.91. The summed E-state index contributed by atoms with van der Waals surface area (Å²) in [5.41, 5.74) is 8.40. The molecular weight excluding hydrogens is 288 g/mol. The average Bonchev–Trinajstić information content (AvgIpc) is 2.55. The van der Waals surface area contributed by atoms with Gasteiger partial charge in [0.25, 0.3) is 0 Å². The van der Waals surface area contributed by atoms with Crippen LogP contribution in [0.4, 0.5) is 11.4 Å². The van der Waals surface area contributed by atoms with Crippen molar-refractivity contribution < 1.29 is 9.53 Å². The van der Waals surface area contributed by atoms with Gasteiger partial charge in [-0.15, -0.1) is 12.8 Å². The second-order valence-corrected chi connectivity index (χ2v) is 4.48. The first kappa shape index (κ1) is 17.8. The van der Waals surface area contributed by atoms with Crippen molar-refractivity contribution in [3.63, 3.8) is 0 Å². The quantitative estimate of drug-likeness (QED) is 0.676. The van der Waals surface area contributed by atoms with Crippen LogP contribution < -0.4 is 11.1 Å². The number of nitrogens with one attached hydrogen (secondary N) is 1. The van der Waals surface area contributed by atoms with Gasteiger partial charge in [-0.25, -0.2) is 0 Å². The minimum Gasteiger partial charge on any atom is -0.399 e. The Morgan fingerprint density at radius 1 is 1.13 bits per heavy atom. The van der Waals surface area contributed by atoms with E-state index in [-0.39, 0.29) is 12.5 Å². The number of carbonyl (C=O) groups excluding carboxylic acids is 1. The van der Waals surface area contributed by atoms with Crippen molar-refractivity contribution >= 4 is 17.3 Å². The lowest BCUT2D eigenvalue weighted by Gasteiger charge is -2.04. The van der Waals surface area contributed by atoms with Gasteiger partial charge < -0.3 is 15.8 Å². The molecule has 0 aliphatic rings. The number of methoxy groups -OCH3 is 1. The summed E-state index contributed by atoms with van der Waals surface area (Å²) in [6, 6.07) is 14.3. The summed E-state index contributed by atoms with van der Waals surface area (Å²) in [5.74, 6) is 4.78. The van der Waals surface area contributed by atoms with E-state index in [0.29, 0.717) is 11.4 Å². The van der Waals surface area contributed by atoms with E-state index in [1.807, 2.05) is 12.1 Å². The molecular formula is C19H18N2O2. The molecule has 0 saturated carbocycles. The number of benzene rings is 2. The van der Waals surface area contributed by atoms with E-state index in [2.05, 4.69) is 21.9 Å². The monoisotopic (exact) mass is 306 g/mol. The van der Waals surface area contributed by atoms with Crippen LogP contribution in [0.5, 0.6) is 0 Å². The SMILES string of the molecule is C#Cc1cccc(N)c1.C#Cc1cccc(NC(=O)COC)c1. The van der Waals surface area contributed by atoms with Crippen molar-refractivity contribution in [1.29, 1.82) is 0 Å². The first-order chi connectivity index (χ1) is 11.1. The normalized spacial score (nSPS) is 8.83. The van der Waals surface area contributed by atoms with Gasteiger partial charge in [-0.2, -0.15) is 0 Å². The molecule has 3 N–H and O–H groups in total. The molecule has 0 heterocycles. The van der Waals surface area contributed by atoms with Crippen molar-refractivity contribution in [2.45, 2.75) is 0 Å². The maximum absolute atomic E-state index is 11.1. The molecule has 0 aliphatic heterocycles. The van der Waals surface area contributed by atoms with Gasteiger partial charge in [-0.3, -0.25) is 4.79 Å². The van der Waals surface area contributed by atoms with Gasteiger partial charge in [-0.05, 0) is 36.4 Å². The van der Waals surface area contributed by atoms with Crippen LogP contribution in [-0.4, -0.2) is 19.6 Å². The Hall–Kier alpha value is -3.21. The Kier molecular flexibility index (Phi) is 7.51. The lowest BCUT2D eigenvalue weighted by Crippen LogP contribution is -2.16. The molecule has 2 rings (SSSR count). The Labute approximate surface area is 136 Å². The molecule has 0 aromatic heterocycles. The Bertz CT molecular complexity index is 740. The molecule has 23 heavy (non-hydrogen) atoms. The molecule has 0 saturated heterocycles. The van der Waals surface area contributed by atoms with Gasteiger partial charge >= 0.3 is 0 Å². The molecule has 0 aliphatic carbocycles. The number of nitrogen functional groups attached to an aromatic ring is 1. The minimum atomic E-state index is -0.193. The summed E-state index contributed by atoms with van der Waals surface area (Å²) in [5, 5.41) is 2.66. The van der Waals surface area contributed by atoms with Crippen LogP contribution in [0, 0.1) is 24.7 Å². The minimum absolute atomic E-state index is 0.0419. The smallest absolute Gasteiger partial charge is 0.250 e. The number of hydrogen-bond acceptors (Lipinski definition) is 3. The molecule has 116 valence electrons. The fourth-order valence-electron chi connectivity index (χ4n) is 1.64. The first-order valence-corrected chi connectivity index (χ1v) is 6.76. The third-order valence-corrected chi connectivity index (χ3v) is 2.64. The topological polar surface area (TPSA) is 64.3 Å². The van der Waals surface area contributed by atoms with Crippen molar-refractivity contribution in [3.8, 4) is 24.7 Å². The Morgan fingerprint density at radius 2 is 1.74 bits per heavy atom. The standard InChI is InChI=1S/C11H11NO2.C8H7N/c1-3-9-5-4-6-10(7-9)12-11(13)8-14-2;1-2-7-4-3-5-8(9)6-7/h1,4-7H,8H2,2H3,(H,12,13);1,3-6H,9H2. The highest BCUT2D eigenvalue weighted by Crippen LogP contribution is 2.09. The molecule has 0 bridgehead atoms. The van der Waals surface area contributed by atoms with Crippen LogP contribution in [0.1, 0.15) is 11.1 Å². The predicted octanol–water partition coefficient (Wildman–Crippen LogP) is 2.50. The maximum atomic E-state index is 11.1. The lowest BCUT2D eigenvalue weighted by atomic mass is 10.2. The molecule has 2 aromatic carbocycles. The number of amides is 1. The highest BCUT2D eigenvalue weighted by atomic mass is 16.5. The first-order valence-electron chi connectivity index (χ1n) is 6.76. The third kappa shape index (κ3) is 6.86. The van der Waals surface area contributed by atoms with E-state index >= 15 is 0 Å². The zero-order valence-corrected chi connectivity index (χ0v) is 12.9. The van der Waals surface area contributed by atoms with Gasteiger partial charge in [0.05, 0.1) is 0 Å². The summed E-state index contributed by atoms with van der Waals surface area (Å²) in [6.07, 6.45) is 10.3. The fraction of sp³-hybridized carbons (Fsp3) is 0.105. The summed E-state index contributed by atoms with van der Waals surface area (Å²) in [4.78, 5) is 11.1. The van der Waals surface area contributed by atoms with Crippen LogP contribution in [0.25, 0.3) is 0 Å². The van der Waals surface area contributed by atoms with E-state index < -0.39 is 0 Å². The number of rotatable bonds is 3. The number of carbonyl (C=O) groups is 1. The summed E-state index contributed by atoms with van der Waals surface area (Å²) < 4.78 is 4.68. The van der Waals surface area contributed by atoms with Crippen LogP contribution in [0.15, 0.2) is 48.5 Å². The number of nitrogens with two attached hydrogens (primary N) is 1. The van der Waals surface area contributed by atoms with Gasteiger partial charge in [0.2, 0.25) is 5.91 Å². The van der Waals surface area contributed by atoms with Crippen LogP contribution in [0.3, 0.4) is 0 Å². The maximum Gasteiger partial charge on any atom is 0.250 e. The summed E-state index contributed by atoms with van der Waals surface area (Å²) >= 11 is 0. The molecule has 0 radical (unpaired) electrons. The van der Waals surface area contributed by atoms with Crippen LogP contribution in [-0.2, 0) is 9.53 Å². The van der Waals surface area contributed by atoms with Crippen LogP contribution >= 0.6 is 0 Å². The zero-order chi connectivity index (χ0) is 17.1. The van der Waals surface area contributed by atoms with Gasteiger partial charge in [0.15, 0.2) is 0 Å². The molecule has 0 fully saturated rings. The number of hydrogen-bond donors (Lipinski definition) is 2. The van der Waals surface area contributed by atoms with Crippen molar-refractivity contribution in [2.75, 3.05) is 24.8 Å². The summed E-state index contributed by atoms with van der Waals surface area (Å²) in [7, 11) is 1.47. The number of anilines is 2. The molecule has 1 amide bonds. The molecule has 0 unspecified atom stereocenters. The van der Waals surface area contributed by atoms with Gasteiger partial charge in [-0.1, -0.05) is 24.0 Å². The average molecular weight is 306 g/mol. The Balaban J connectivity index is 0.000000253. The van der Waals surface area contributed by atoms with Gasteiger partial charge in [0.1, 0.15) is 6.61 Å². The lowest BCUT2D eigenvalue weighted by molar-refractivity contribution is -0.119. The van der Waals surface area contributed by atoms with Crippen LogP contribution in [0.2, 0.25) is 0 Å². The number of ether oxygens (including phenoxy) is 1. The predicted molar refractivity (Wildman–Crippen MR) is 93.7 cm³/mol. The van der Waals surface area contributed by atoms with Gasteiger partial charge in [0, 0.05) is 29.6 Å². The summed E-state index contributed by atoms with van der Waals surface area (Å²) in [6.45, 7) is 0.0419. The van der Waals surface area contributed by atoms with Crippen molar-refractivity contribution in [2.24, 2.45) is 0 Å². The molecule has 2 aromatic rings. The molecule has 0 spiro atoms. The van der Waals surface area contributed by atoms with E-state index in [9.17, 15) is 4.79 Å². The fourth-order valence-corrected chi connectivity index (χ4v) is 1.64. The van der Waals surface area contributed by atoms with Crippen molar-refractivity contribution in [1.82, 2.24) is 0 Å². The second-order valence-electron chi connectivity index (χ2n) is 4.48. The zero-order valence-electron chi connectivity index (χ0n) is 12.9. The third-order valence-electron chi connectivity index (χ3n) is 2.64. The number of terminal acetylenes is 2. The van der Waals surface area contributed by atoms with E-state index in [4.69, 9.17) is 18.6 Å². The Morgan fingerprint density at radius 3 is 2.26 bits per heavy atom. The van der Waals surface area contributed by atoms with Crippen molar-refractivity contribution in [3.05, 3.63) is 59.7 Å². The molecule has 4 heteroatoms. The van der Waals surface area contributed by atoms with E-state index in [1.54, 1.807) is 36.4 Å². The van der Waals surface area contributed by atoms with E-state index in [1.165, 1.54) is 7.11 Å². The highest BCUT2D eigenvalue weighted by Gasteiger charge is 2.00. The largest absolute Gasteiger partial charge is 0.399 e. The molecule has 4 nitrogen and oxygen atoms in total. The second kappa shape index (κ2) is 9.68.